The number of rotatable bonds is 6. The van der Waals surface area contributed by atoms with Crippen molar-refractivity contribution in [2.75, 3.05) is 24.6 Å². The SMILES string of the molecule is C[C@@H]1CCCC[C@]12NC(=O)N(CC(=O)OCC(=O)N(CC#N)c1ccccc1)C2=O. The number of hydrogen-bond donors (Lipinski definition) is 1. The monoisotopic (exact) mass is 412 g/mol. The highest BCUT2D eigenvalue weighted by Crippen LogP contribution is 2.38. The van der Waals surface area contributed by atoms with Crippen LogP contribution in [0.5, 0.6) is 0 Å². The van der Waals surface area contributed by atoms with Gasteiger partial charge in [-0.15, -0.1) is 0 Å². The molecule has 0 aromatic heterocycles. The molecule has 3 rings (SSSR count). The van der Waals surface area contributed by atoms with Crippen molar-refractivity contribution < 1.29 is 23.9 Å². The topological polar surface area (TPSA) is 120 Å². The molecule has 1 aromatic carbocycles. The summed E-state index contributed by atoms with van der Waals surface area (Å²) in [5.74, 6) is -1.88. The van der Waals surface area contributed by atoms with E-state index >= 15 is 0 Å². The van der Waals surface area contributed by atoms with E-state index < -0.39 is 42.5 Å². The zero-order valence-corrected chi connectivity index (χ0v) is 16.8. The van der Waals surface area contributed by atoms with Crippen LogP contribution in [0.2, 0.25) is 0 Å². The van der Waals surface area contributed by atoms with E-state index in [9.17, 15) is 19.2 Å². The van der Waals surface area contributed by atoms with Crippen LogP contribution in [0.3, 0.4) is 0 Å². The fraction of sp³-hybridized carbons (Fsp3) is 0.476. The van der Waals surface area contributed by atoms with E-state index in [2.05, 4.69) is 5.32 Å². The molecular weight excluding hydrogens is 388 g/mol. The van der Waals surface area contributed by atoms with Gasteiger partial charge in [0.25, 0.3) is 11.8 Å². The van der Waals surface area contributed by atoms with Crippen LogP contribution in [-0.4, -0.2) is 54.0 Å². The van der Waals surface area contributed by atoms with Crippen molar-refractivity contribution in [2.45, 2.75) is 38.1 Å². The van der Waals surface area contributed by atoms with E-state index in [4.69, 9.17) is 10.00 Å². The van der Waals surface area contributed by atoms with Crippen molar-refractivity contribution in [2.24, 2.45) is 5.92 Å². The van der Waals surface area contributed by atoms with Crippen LogP contribution in [0.1, 0.15) is 32.6 Å². The first-order valence-corrected chi connectivity index (χ1v) is 9.91. The fourth-order valence-corrected chi connectivity index (χ4v) is 4.04. The first-order valence-electron chi connectivity index (χ1n) is 9.91. The molecule has 1 heterocycles. The van der Waals surface area contributed by atoms with Gasteiger partial charge in [-0.2, -0.15) is 5.26 Å². The number of carbonyl (C=O) groups excluding carboxylic acids is 4. The minimum Gasteiger partial charge on any atom is -0.454 e. The smallest absolute Gasteiger partial charge is 0.326 e. The Labute approximate surface area is 174 Å². The summed E-state index contributed by atoms with van der Waals surface area (Å²) in [7, 11) is 0. The normalized spacial score (nSPS) is 23.1. The van der Waals surface area contributed by atoms with E-state index in [1.54, 1.807) is 30.3 Å². The summed E-state index contributed by atoms with van der Waals surface area (Å²) in [5.41, 5.74) is -0.454. The highest BCUT2D eigenvalue weighted by molar-refractivity contribution is 6.09. The Bertz CT molecular complexity index is 881. The van der Waals surface area contributed by atoms with Crippen molar-refractivity contribution in [1.82, 2.24) is 10.2 Å². The second-order valence-electron chi connectivity index (χ2n) is 7.57. The molecule has 4 amide bonds. The first kappa shape index (κ1) is 21.3. The maximum absolute atomic E-state index is 12.9. The molecule has 0 unspecified atom stereocenters. The molecule has 30 heavy (non-hydrogen) atoms. The van der Waals surface area contributed by atoms with Gasteiger partial charge in [0.05, 0.1) is 6.07 Å². The number of nitrogens with one attached hydrogen (secondary N) is 1. The van der Waals surface area contributed by atoms with Gasteiger partial charge >= 0.3 is 12.0 Å². The summed E-state index contributed by atoms with van der Waals surface area (Å²) in [6, 6.07) is 9.82. The zero-order valence-electron chi connectivity index (χ0n) is 16.8. The third-order valence-corrected chi connectivity index (χ3v) is 5.74. The molecule has 1 saturated heterocycles. The van der Waals surface area contributed by atoms with E-state index in [1.165, 1.54) is 4.90 Å². The van der Waals surface area contributed by atoms with Crippen molar-refractivity contribution in [3.63, 3.8) is 0 Å². The maximum Gasteiger partial charge on any atom is 0.326 e. The summed E-state index contributed by atoms with van der Waals surface area (Å²) < 4.78 is 5.00. The first-order chi connectivity index (χ1) is 14.4. The molecule has 1 N–H and O–H groups in total. The predicted octanol–water partition coefficient (Wildman–Crippen LogP) is 1.59. The lowest BCUT2D eigenvalue weighted by atomic mass is 9.73. The summed E-state index contributed by atoms with van der Waals surface area (Å²) in [6.07, 6.45) is 3.20. The van der Waals surface area contributed by atoms with Gasteiger partial charge in [-0.05, 0) is 30.9 Å². The highest BCUT2D eigenvalue weighted by atomic mass is 16.5. The average molecular weight is 412 g/mol. The van der Waals surface area contributed by atoms with Crippen molar-refractivity contribution >= 4 is 29.5 Å². The van der Waals surface area contributed by atoms with Crippen LogP contribution in [-0.2, 0) is 19.1 Å². The minimum absolute atomic E-state index is 0.0179. The number of hydrogen-bond acceptors (Lipinski definition) is 6. The van der Waals surface area contributed by atoms with Gasteiger partial charge in [0.2, 0.25) is 0 Å². The number of benzene rings is 1. The van der Waals surface area contributed by atoms with Gasteiger partial charge in [-0.3, -0.25) is 24.2 Å². The molecule has 1 spiro atoms. The van der Waals surface area contributed by atoms with E-state index in [0.29, 0.717) is 12.1 Å². The molecule has 2 aliphatic rings. The highest BCUT2D eigenvalue weighted by Gasteiger charge is 2.55. The van der Waals surface area contributed by atoms with Gasteiger partial charge in [0, 0.05) is 5.69 Å². The molecule has 2 atom stereocenters. The van der Waals surface area contributed by atoms with Crippen LogP contribution in [0.25, 0.3) is 0 Å². The summed E-state index contributed by atoms with van der Waals surface area (Å²) in [5, 5.41) is 11.7. The van der Waals surface area contributed by atoms with Gasteiger partial charge in [-0.25, -0.2) is 4.79 Å². The zero-order chi connectivity index (χ0) is 21.7. The molecule has 0 bridgehead atoms. The minimum atomic E-state index is -0.956. The molecule has 1 aliphatic heterocycles. The Balaban J connectivity index is 1.59. The maximum atomic E-state index is 12.9. The van der Waals surface area contributed by atoms with Crippen molar-refractivity contribution in [3.8, 4) is 6.07 Å². The second kappa shape index (κ2) is 8.95. The number of nitrogens with zero attached hydrogens (tertiary/aromatic N) is 3. The van der Waals surface area contributed by atoms with Crippen LogP contribution in [0.4, 0.5) is 10.5 Å². The number of para-hydroxylation sites is 1. The molecule has 158 valence electrons. The third kappa shape index (κ3) is 4.13. The van der Waals surface area contributed by atoms with E-state index in [0.717, 1.165) is 24.2 Å². The Morgan fingerprint density at radius 3 is 2.70 bits per heavy atom. The van der Waals surface area contributed by atoms with Gasteiger partial charge in [-0.1, -0.05) is 38.0 Å². The van der Waals surface area contributed by atoms with Crippen molar-refractivity contribution in [1.29, 1.82) is 5.26 Å². The van der Waals surface area contributed by atoms with Crippen molar-refractivity contribution in [3.05, 3.63) is 30.3 Å². The molecule has 1 saturated carbocycles. The summed E-state index contributed by atoms with van der Waals surface area (Å²) >= 11 is 0. The Morgan fingerprint density at radius 1 is 1.30 bits per heavy atom. The molecule has 1 aliphatic carbocycles. The Kier molecular flexibility index (Phi) is 6.35. The standard InChI is InChI=1S/C21H24N4O5/c1-15-7-5-6-10-21(15)19(28)25(20(29)23-21)13-18(27)30-14-17(26)24(12-11-22)16-8-3-2-4-9-16/h2-4,8-9,15H,5-7,10,12-14H2,1H3,(H,23,29)/t15-,21+/m1/s1. The number of ether oxygens (including phenoxy) is 1. The lowest BCUT2D eigenvalue weighted by Crippen LogP contribution is -2.54. The number of amides is 4. The lowest BCUT2D eigenvalue weighted by Gasteiger charge is -2.36. The van der Waals surface area contributed by atoms with Gasteiger partial charge in [0.15, 0.2) is 6.61 Å². The lowest BCUT2D eigenvalue weighted by molar-refractivity contribution is -0.151. The molecule has 2 fully saturated rings. The number of imide groups is 1. The summed E-state index contributed by atoms with van der Waals surface area (Å²) in [6.45, 7) is 0.565. The Hall–Kier alpha value is -3.41. The molecule has 0 radical (unpaired) electrons. The number of nitriles is 1. The number of anilines is 1. The second-order valence-corrected chi connectivity index (χ2v) is 7.57. The van der Waals surface area contributed by atoms with Gasteiger partial charge in [0.1, 0.15) is 18.6 Å². The third-order valence-electron chi connectivity index (χ3n) is 5.74. The number of carbonyl (C=O) groups is 4. The Morgan fingerprint density at radius 2 is 2.03 bits per heavy atom. The average Bonchev–Trinajstić information content (AvgIpc) is 2.98. The van der Waals surface area contributed by atoms with E-state index in [-0.39, 0.29) is 12.5 Å². The molecule has 9 nitrogen and oxygen atoms in total. The van der Waals surface area contributed by atoms with Crippen LogP contribution in [0, 0.1) is 17.2 Å². The van der Waals surface area contributed by atoms with E-state index in [1.807, 2.05) is 13.0 Å². The quantitative estimate of drug-likeness (QED) is 0.430. The fourth-order valence-electron chi connectivity index (χ4n) is 4.04. The van der Waals surface area contributed by atoms with Crippen LogP contribution >= 0.6 is 0 Å². The molecule has 1 aromatic rings. The summed E-state index contributed by atoms with van der Waals surface area (Å²) in [4.78, 5) is 51.9. The molecular formula is C21H24N4O5. The largest absolute Gasteiger partial charge is 0.454 e. The number of esters is 1. The molecule has 9 heteroatoms. The van der Waals surface area contributed by atoms with Gasteiger partial charge < -0.3 is 10.1 Å². The van der Waals surface area contributed by atoms with Crippen LogP contribution in [0.15, 0.2) is 30.3 Å². The van der Waals surface area contributed by atoms with Crippen LogP contribution < -0.4 is 10.2 Å². The number of urea groups is 1. The predicted molar refractivity (Wildman–Crippen MR) is 106 cm³/mol.